The fourth-order valence-corrected chi connectivity index (χ4v) is 5.71. The molecule has 1 aliphatic carbocycles. The van der Waals surface area contributed by atoms with Crippen LogP contribution in [0.5, 0.6) is 0 Å². The number of rotatable bonds is 2. The minimum atomic E-state index is -3.54. The van der Waals surface area contributed by atoms with Gasteiger partial charge in [-0.25, -0.2) is 8.42 Å². The van der Waals surface area contributed by atoms with Crippen molar-refractivity contribution in [1.29, 1.82) is 0 Å². The van der Waals surface area contributed by atoms with Gasteiger partial charge < -0.3 is 4.74 Å². The van der Waals surface area contributed by atoms with E-state index in [9.17, 15) is 8.42 Å². The first-order chi connectivity index (χ1) is 10.2. The summed E-state index contributed by atoms with van der Waals surface area (Å²) in [4.78, 5) is 0. The number of aryl methyl sites for hydroxylation is 2. The fraction of sp³-hybridized carbons (Fsp3) is 0.800. The van der Waals surface area contributed by atoms with Gasteiger partial charge in [-0.05, 0) is 46.5 Å². The van der Waals surface area contributed by atoms with Crippen molar-refractivity contribution in [2.45, 2.75) is 63.2 Å². The van der Waals surface area contributed by atoms with Gasteiger partial charge in [0.1, 0.15) is 0 Å². The van der Waals surface area contributed by atoms with Gasteiger partial charge in [-0.2, -0.15) is 9.40 Å². The van der Waals surface area contributed by atoms with E-state index in [1.165, 1.54) is 0 Å². The number of morpholine rings is 1. The quantitative estimate of drug-likeness (QED) is 0.825. The average molecular weight is 327 g/mol. The number of aromatic nitrogens is 2. The molecule has 0 bridgehead atoms. The van der Waals surface area contributed by atoms with Crippen molar-refractivity contribution in [3.05, 3.63) is 11.3 Å². The minimum Gasteiger partial charge on any atom is -0.370 e. The molecule has 0 aromatic carbocycles. The molecule has 22 heavy (non-hydrogen) atoms. The molecule has 0 spiro atoms. The lowest BCUT2D eigenvalue weighted by Crippen LogP contribution is -2.54. The van der Waals surface area contributed by atoms with Crippen LogP contribution in [0.3, 0.4) is 0 Å². The maximum absolute atomic E-state index is 13.2. The van der Waals surface area contributed by atoms with Gasteiger partial charge in [-0.3, -0.25) is 4.68 Å². The molecule has 124 valence electrons. The monoisotopic (exact) mass is 327 g/mol. The lowest BCUT2D eigenvalue weighted by molar-refractivity contribution is -0.109. The summed E-state index contributed by atoms with van der Waals surface area (Å²) in [6.07, 6.45) is 3.70. The van der Waals surface area contributed by atoms with E-state index >= 15 is 0 Å². The summed E-state index contributed by atoms with van der Waals surface area (Å²) in [5.41, 5.74) is 1.40. The molecular weight excluding hydrogens is 302 g/mol. The average Bonchev–Trinajstić information content (AvgIpc) is 2.72. The van der Waals surface area contributed by atoms with E-state index in [2.05, 4.69) is 5.10 Å². The molecule has 1 aliphatic heterocycles. The van der Waals surface area contributed by atoms with Gasteiger partial charge in [-0.1, -0.05) is 0 Å². The molecule has 7 heteroatoms. The predicted molar refractivity (Wildman–Crippen MR) is 83.2 cm³/mol. The van der Waals surface area contributed by atoms with E-state index in [0.29, 0.717) is 18.1 Å². The summed E-state index contributed by atoms with van der Waals surface area (Å²) in [7, 11) is -1.80. The zero-order chi connectivity index (χ0) is 16.1. The van der Waals surface area contributed by atoms with Crippen molar-refractivity contribution in [1.82, 2.24) is 14.1 Å². The van der Waals surface area contributed by atoms with Crippen LogP contribution < -0.4 is 0 Å². The number of sulfonamides is 1. The maximum Gasteiger partial charge on any atom is 0.260 e. The molecule has 6 nitrogen and oxygen atoms in total. The highest BCUT2D eigenvalue weighted by atomic mass is 32.2. The van der Waals surface area contributed by atoms with Gasteiger partial charge in [0, 0.05) is 25.7 Å². The van der Waals surface area contributed by atoms with Crippen LogP contribution in [-0.2, 0) is 34.6 Å². The van der Waals surface area contributed by atoms with Gasteiger partial charge in [0.2, 0.25) is 0 Å². The third kappa shape index (κ3) is 2.70. The fourth-order valence-electron chi connectivity index (χ4n) is 3.68. The van der Waals surface area contributed by atoms with Gasteiger partial charge in [-0.15, -0.1) is 0 Å². The molecule has 2 heterocycles. The Balaban J connectivity index is 2.02. The molecule has 0 N–H and O–H groups in total. The molecule has 1 saturated heterocycles. The summed E-state index contributed by atoms with van der Waals surface area (Å²) in [6, 6.07) is 0. The smallest absolute Gasteiger partial charge is 0.260 e. The van der Waals surface area contributed by atoms with Crippen LogP contribution in [0, 0.1) is 0 Å². The summed E-state index contributed by atoms with van der Waals surface area (Å²) in [6.45, 7) is 6.56. The Morgan fingerprint density at radius 2 is 1.95 bits per heavy atom. The van der Waals surface area contributed by atoms with E-state index in [4.69, 9.17) is 4.74 Å². The molecular formula is C15H25N3O3S. The van der Waals surface area contributed by atoms with Crippen LogP contribution in [0.4, 0.5) is 0 Å². The second-order valence-corrected chi connectivity index (χ2v) is 8.90. The Labute approximate surface area is 132 Å². The van der Waals surface area contributed by atoms with Gasteiger partial charge >= 0.3 is 0 Å². The Hall–Kier alpha value is -0.920. The van der Waals surface area contributed by atoms with Gasteiger partial charge in [0.15, 0.2) is 5.03 Å². The van der Waals surface area contributed by atoms with E-state index in [0.717, 1.165) is 36.9 Å². The highest BCUT2D eigenvalue weighted by Gasteiger charge is 2.40. The second-order valence-electron chi connectivity index (χ2n) is 7.05. The van der Waals surface area contributed by atoms with E-state index in [1.54, 1.807) is 16.0 Å². The summed E-state index contributed by atoms with van der Waals surface area (Å²) in [5.74, 6) is 0. The number of ether oxygens (including phenoxy) is 1. The first-order valence-corrected chi connectivity index (χ1v) is 9.37. The molecule has 3 rings (SSSR count). The van der Waals surface area contributed by atoms with Crippen molar-refractivity contribution >= 4 is 10.0 Å². The van der Waals surface area contributed by atoms with Crippen LogP contribution in [0.15, 0.2) is 5.03 Å². The first kappa shape index (κ1) is 16.0. The molecule has 1 atom stereocenters. The lowest BCUT2D eigenvalue weighted by Gasteiger charge is -2.40. The normalized spacial score (nSPS) is 25.9. The van der Waals surface area contributed by atoms with Crippen molar-refractivity contribution in [2.75, 3.05) is 13.1 Å². The zero-order valence-electron chi connectivity index (χ0n) is 13.8. The molecule has 0 radical (unpaired) electrons. The van der Waals surface area contributed by atoms with Crippen molar-refractivity contribution in [3.8, 4) is 0 Å². The standard InChI is InChI=1S/C15H25N3O3S/c1-11-9-18(10-15(2,3)21-11)22(19,20)14-12-7-5-6-8-13(12)16-17(14)4/h11H,5-10H2,1-4H3. The number of hydrogen-bond donors (Lipinski definition) is 0. The molecule has 1 unspecified atom stereocenters. The minimum absolute atomic E-state index is 0.109. The first-order valence-electron chi connectivity index (χ1n) is 7.93. The Bertz CT molecular complexity index is 678. The predicted octanol–water partition coefficient (Wildman–Crippen LogP) is 1.49. The van der Waals surface area contributed by atoms with Crippen LogP contribution in [0.2, 0.25) is 0 Å². The summed E-state index contributed by atoms with van der Waals surface area (Å²) < 4.78 is 35.3. The molecule has 1 aromatic heterocycles. The van der Waals surface area contributed by atoms with Crippen LogP contribution in [-0.4, -0.2) is 47.3 Å². The van der Waals surface area contributed by atoms with E-state index in [-0.39, 0.29) is 6.10 Å². The van der Waals surface area contributed by atoms with Crippen LogP contribution >= 0.6 is 0 Å². The molecule has 0 amide bonds. The van der Waals surface area contributed by atoms with Gasteiger partial charge in [0.05, 0.1) is 17.4 Å². The zero-order valence-corrected chi connectivity index (χ0v) is 14.6. The van der Waals surface area contributed by atoms with Gasteiger partial charge in [0.25, 0.3) is 10.0 Å². The topological polar surface area (TPSA) is 64.4 Å². The third-order valence-corrected chi connectivity index (χ3v) is 6.34. The highest BCUT2D eigenvalue weighted by molar-refractivity contribution is 7.89. The molecule has 1 fully saturated rings. The second kappa shape index (κ2) is 5.32. The molecule has 1 aromatic rings. The summed E-state index contributed by atoms with van der Waals surface area (Å²) >= 11 is 0. The van der Waals surface area contributed by atoms with Crippen molar-refractivity contribution in [3.63, 3.8) is 0 Å². The van der Waals surface area contributed by atoms with Crippen molar-refractivity contribution < 1.29 is 13.2 Å². The SMILES string of the molecule is CC1CN(S(=O)(=O)c2c3c(nn2C)CCCC3)CC(C)(C)O1. The van der Waals surface area contributed by atoms with Crippen LogP contribution in [0.1, 0.15) is 44.9 Å². The number of fused-ring (bicyclic) bond motifs is 1. The Morgan fingerprint density at radius 1 is 1.27 bits per heavy atom. The number of hydrogen-bond acceptors (Lipinski definition) is 4. The Kier molecular flexibility index (Phi) is 3.86. The lowest BCUT2D eigenvalue weighted by atomic mass is 9.99. The van der Waals surface area contributed by atoms with E-state index < -0.39 is 15.6 Å². The molecule has 0 saturated carbocycles. The van der Waals surface area contributed by atoms with E-state index in [1.807, 2.05) is 20.8 Å². The third-order valence-electron chi connectivity index (χ3n) is 4.38. The summed E-state index contributed by atoms with van der Waals surface area (Å²) in [5, 5.41) is 4.83. The maximum atomic E-state index is 13.2. The largest absolute Gasteiger partial charge is 0.370 e. The Morgan fingerprint density at radius 3 is 2.64 bits per heavy atom. The van der Waals surface area contributed by atoms with Crippen LogP contribution in [0.25, 0.3) is 0 Å². The molecule has 2 aliphatic rings. The number of nitrogens with zero attached hydrogens (tertiary/aromatic N) is 3. The highest BCUT2D eigenvalue weighted by Crippen LogP contribution is 2.31. The van der Waals surface area contributed by atoms with Crippen molar-refractivity contribution in [2.24, 2.45) is 7.05 Å².